The van der Waals surface area contributed by atoms with Crippen LogP contribution in [0.2, 0.25) is 0 Å². The molecule has 2 rings (SSSR count). The molecule has 0 spiro atoms. The highest BCUT2D eigenvalue weighted by Gasteiger charge is 2.29. The highest BCUT2D eigenvalue weighted by Crippen LogP contribution is 2.34. The van der Waals surface area contributed by atoms with Gasteiger partial charge in [-0.2, -0.15) is 0 Å². The Labute approximate surface area is 107 Å². The zero-order valence-corrected chi connectivity index (χ0v) is 11.1. The molecular formula is C13H20N2OS. The van der Waals surface area contributed by atoms with Crippen LogP contribution in [0.5, 0.6) is 0 Å². The predicted octanol–water partition coefficient (Wildman–Crippen LogP) is 2.41. The van der Waals surface area contributed by atoms with Gasteiger partial charge in [-0.1, -0.05) is 13.0 Å². The molecule has 0 radical (unpaired) electrons. The molecule has 4 heteroatoms. The average Bonchev–Trinajstić information content (AvgIpc) is 2.99. The Hall–Kier alpha value is -0.870. The Morgan fingerprint density at radius 2 is 2.53 bits per heavy atom. The van der Waals surface area contributed by atoms with Gasteiger partial charge in [-0.3, -0.25) is 4.79 Å². The summed E-state index contributed by atoms with van der Waals surface area (Å²) in [4.78, 5) is 15.5. The summed E-state index contributed by atoms with van der Waals surface area (Å²) in [5, 5.41) is 5.28. The minimum Gasteiger partial charge on any atom is -0.334 e. The molecule has 1 aliphatic heterocycles. The third kappa shape index (κ3) is 3.07. The van der Waals surface area contributed by atoms with E-state index >= 15 is 0 Å². The summed E-state index contributed by atoms with van der Waals surface area (Å²) in [7, 11) is 0. The number of rotatable bonds is 5. The van der Waals surface area contributed by atoms with Gasteiger partial charge in [-0.05, 0) is 37.3 Å². The number of hydrogen-bond donors (Lipinski definition) is 1. The zero-order valence-electron chi connectivity index (χ0n) is 10.3. The second kappa shape index (κ2) is 6.17. The summed E-state index contributed by atoms with van der Waals surface area (Å²) in [6, 6.07) is 4.53. The Bertz CT molecular complexity index is 350. The van der Waals surface area contributed by atoms with Gasteiger partial charge >= 0.3 is 0 Å². The largest absolute Gasteiger partial charge is 0.334 e. The van der Waals surface area contributed by atoms with Gasteiger partial charge < -0.3 is 10.2 Å². The van der Waals surface area contributed by atoms with E-state index in [0.29, 0.717) is 12.6 Å². The van der Waals surface area contributed by atoms with Crippen molar-refractivity contribution < 1.29 is 4.79 Å². The van der Waals surface area contributed by atoms with Gasteiger partial charge in [-0.25, -0.2) is 0 Å². The molecule has 1 amide bonds. The van der Waals surface area contributed by atoms with Gasteiger partial charge in [0.05, 0.1) is 12.6 Å². The molecule has 1 aromatic heterocycles. The molecule has 1 fully saturated rings. The van der Waals surface area contributed by atoms with E-state index in [-0.39, 0.29) is 5.91 Å². The van der Waals surface area contributed by atoms with Crippen molar-refractivity contribution in [1.82, 2.24) is 10.2 Å². The molecule has 2 heterocycles. The third-order valence-electron chi connectivity index (χ3n) is 3.15. The van der Waals surface area contributed by atoms with E-state index in [9.17, 15) is 4.79 Å². The minimum absolute atomic E-state index is 0.245. The predicted molar refractivity (Wildman–Crippen MR) is 71.2 cm³/mol. The summed E-state index contributed by atoms with van der Waals surface area (Å²) in [6.45, 7) is 4.43. The highest BCUT2D eigenvalue weighted by molar-refractivity contribution is 7.10. The van der Waals surface area contributed by atoms with Crippen molar-refractivity contribution in [3.05, 3.63) is 22.4 Å². The van der Waals surface area contributed by atoms with Crippen LogP contribution in [0.3, 0.4) is 0 Å². The van der Waals surface area contributed by atoms with Crippen LogP contribution in [0.15, 0.2) is 17.5 Å². The topological polar surface area (TPSA) is 32.3 Å². The number of carbonyl (C=O) groups is 1. The normalized spacial score (nSPS) is 19.8. The van der Waals surface area contributed by atoms with Gasteiger partial charge in [0.2, 0.25) is 5.91 Å². The van der Waals surface area contributed by atoms with E-state index in [0.717, 1.165) is 32.4 Å². The molecule has 3 nitrogen and oxygen atoms in total. The molecule has 1 aliphatic rings. The minimum atomic E-state index is 0.245. The van der Waals surface area contributed by atoms with Crippen LogP contribution in [0, 0.1) is 0 Å². The van der Waals surface area contributed by atoms with Crippen molar-refractivity contribution in [1.29, 1.82) is 0 Å². The maximum absolute atomic E-state index is 12.1. The first-order valence-electron chi connectivity index (χ1n) is 6.36. The molecular weight excluding hydrogens is 232 g/mol. The van der Waals surface area contributed by atoms with Crippen molar-refractivity contribution in [2.75, 3.05) is 19.6 Å². The fraction of sp³-hybridized carbons (Fsp3) is 0.615. The van der Waals surface area contributed by atoms with Gasteiger partial charge in [0.25, 0.3) is 0 Å². The number of nitrogens with one attached hydrogen (secondary N) is 1. The molecule has 17 heavy (non-hydrogen) atoms. The molecule has 0 bridgehead atoms. The standard InChI is InChI=1S/C13H20N2OS/c1-2-7-14-10-13(16)15-8-3-5-11(15)12-6-4-9-17-12/h4,6,9,11,14H,2-3,5,7-8,10H2,1H3. The Morgan fingerprint density at radius 1 is 1.65 bits per heavy atom. The second-order valence-corrected chi connectivity index (χ2v) is 5.42. The van der Waals surface area contributed by atoms with Gasteiger partial charge in [0.15, 0.2) is 0 Å². The highest BCUT2D eigenvalue weighted by atomic mass is 32.1. The lowest BCUT2D eigenvalue weighted by molar-refractivity contribution is -0.131. The van der Waals surface area contributed by atoms with Crippen LogP contribution in [0.1, 0.15) is 37.1 Å². The monoisotopic (exact) mass is 252 g/mol. The van der Waals surface area contributed by atoms with Gasteiger partial charge in [0.1, 0.15) is 0 Å². The van der Waals surface area contributed by atoms with E-state index in [1.807, 2.05) is 4.90 Å². The summed E-state index contributed by atoms with van der Waals surface area (Å²) in [5.41, 5.74) is 0. The van der Waals surface area contributed by atoms with Crippen molar-refractivity contribution in [2.45, 2.75) is 32.2 Å². The van der Waals surface area contributed by atoms with E-state index in [1.54, 1.807) is 11.3 Å². The van der Waals surface area contributed by atoms with Crippen LogP contribution in [-0.4, -0.2) is 30.4 Å². The Balaban J connectivity index is 1.93. The maximum atomic E-state index is 12.1. The average molecular weight is 252 g/mol. The van der Waals surface area contributed by atoms with Gasteiger partial charge in [0, 0.05) is 11.4 Å². The maximum Gasteiger partial charge on any atom is 0.237 e. The first-order valence-corrected chi connectivity index (χ1v) is 7.24. The molecule has 1 unspecified atom stereocenters. The second-order valence-electron chi connectivity index (χ2n) is 4.44. The molecule has 0 saturated carbocycles. The van der Waals surface area contributed by atoms with Crippen LogP contribution < -0.4 is 5.32 Å². The Morgan fingerprint density at radius 3 is 3.24 bits per heavy atom. The van der Waals surface area contributed by atoms with Crippen molar-refractivity contribution in [3.63, 3.8) is 0 Å². The molecule has 1 saturated heterocycles. The van der Waals surface area contributed by atoms with Crippen molar-refractivity contribution in [2.24, 2.45) is 0 Å². The summed E-state index contributed by atoms with van der Waals surface area (Å²) in [5.74, 6) is 0.245. The first kappa shape index (κ1) is 12.6. The van der Waals surface area contributed by atoms with Crippen LogP contribution in [0.25, 0.3) is 0 Å². The first-order chi connectivity index (χ1) is 8.33. The number of amides is 1. The van der Waals surface area contributed by atoms with Crippen LogP contribution in [-0.2, 0) is 4.79 Å². The number of likely N-dealkylation sites (tertiary alicyclic amines) is 1. The van der Waals surface area contributed by atoms with E-state index < -0.39 is 0 Å². The lowest BCUT2D eigenvalue weighted by Crippen LogP contribution is -2.37. The van der Waals surface area contributed by atoms with Crippen LogP contribution >= 0.6 is 11.3 Å². The summed E-state index contributed by atoms with van der Waals surface area (Å²) >= 11 is 1.76. The number of thiophene rings is 1. The Kier molecular flexibility index (Phi) is 4.57. The lowest BCUT2D eigenvalue weighted by atomic mass is 10.2. The fourth-order valence-electron chi connectivity index (χ4n) is 2.32. The lowest BCUT2D eigenvalue weighted by Gasteiger charge is -2.24. The smallest absolute Gasteiger partial charge is 0.237 e. The SMILES string of the molecule is CCCNCC(=O)N1CCCC1c1cccs1. The zero-order chi connectivity index (χ0) is 12.1. The van der Waals surface area contributed by atoms with Crippen molar-refractivity contribution >= 4 is 17.2 Å². The summed E-state index contributed by atoms with van der Waals surface area (Å²) in [6.07, 6.45) is 3.31. The number of nitrogens with zero attached hydrogens (tertiary/aromatic N) is 1. The van der Waals surface area contributed by atoms with Crippen molar-refractivity contribution in [3.8, 4) is 0 Å². The molecule has 1 atom stereocenters. The molecule has 94 valence electrons. The quantitative estimate of drug-likeness (QED) is 0.816. The van der Waals surface area contributed by atoms with E-state index in [1.165, 1.54) is 4.88 Å². The van der Waals surface area contributed by atoms with E-state index in [2.05, 4.69) is 29.8 Å². The molecule has 0 aliphatic carbocycles. The molecule has 0 aromatic carbocycles. The van der Waals surface area contributed by atoms with E-state index in [4.69, 9.17) is 0 Å². The van der Waals surface area contributed by atoms with Crippen LogP contribution in [0.4, 0.5) is 0 Å². The van der Waals surface area contributed by atoms with Gasteiger partial charge in [-0.15, -0.1) is 11.3 Å². The molecule has 1 aromatic rings. The summed E-state index contributed by atoms with van der Waals surface area (Å²) < 4.78 is 0. The fourth-order valence-corrected chi connectivity index (χ4v) is 3.19. The third-order valence-corrected chi connectivity index (χ3v) is 4.12. The number of carbonyl (C=O) groups excluding carboxylic acids is 1. The number of hydrogen-bond acceptors (Lipinski definition) is 3. The molecule has 1 N–H and O–H groups in total.